The minimum absolute atomic E-state index is 0. The lowest BCUT2D eigenvalue weighted by molar-refractivity contribution is 0.128. The van der Waals surface area contributed by atoms with Gasteiger partial charge in [0.1, 0.15) is 43.7 Å². The summed E-state index contributed by atoms with van der Waals surface area (Å²) in [5.74, 6) is 3.17. The zero-order chi connectivity index (χ0) is 82.8. The molecule has 0 unspecified atom stereocenters. The third-order valence-electron chi connectivity index (χ3n) is 20.2. The predicted molar refractivity (Wildman–Crippen MR) is 470 cm³/mol. The van der Waals surface area contributed by atoms with Gasteiger partial charge in [-0.2, -0.15) is 8.42 Å². The molecular weight excluding hydrogens is 1670 g/mol. The van der Waals surface area contributed by atoms with Gasteiger partial charge in [-0.1, -0.05) is 159 Å². The molecule has 0 bridgehead atoms. The summed E-state index contributed by atoms with van der Waals surface area (Å²) in [5.41, 5.74) is 16.5. The molecule has 632 valence electrons. The highest BCUT2D eigenvalue weighted by Crippen LogP contribution is 2.46. The van der Waals surface area contributed by atoms with Crippen molar-refractivity contribution in [2.75, 3.05) is 52.3 Å². The molecule has 6 aliphatic rings. The number of aromatic hydroxyl groups is 1. The Morgan fingerprint density at radius 1 is 0.458 bits per heavy atom. The largest absolute Gasteiger partial charge is 0.504 e. The number of hydrogen-bond acceptors (Lipinski definition) is 20. The van der Waals surface area contributed by atoms with Gasteiger partial charge >= 0.3 is 12.2 Å². The molecule has 0 radical (unpaired) electrons. The minimum Gasteiger partial charge on any atom is -0.504 e. The fourth-order valence-corrected chi connectivity index (χ4v) is 13.8. The van der Waals surface area contributed by atoms with Crippen molar-refractivity contribution in [3.05, 3.63) is 249 Å². The number of alkyl halides is 1. The number of allylic oxidation sites excluding steroid dienone is 3. The van der Waals surface area contributed by atoms with E-state index in [1.54, 1.807) is 99.5 Å². The summed E-state index contributed by atoms with van der Waals surface area (Å²) in [6.07, 6.45) is 17.4. The van der Waals surface area contributed by atoms with Crippen LogP contribution in [0.3, 0.4) is 0 Å². The van der Waals surface area contributed by atoms with Gasteiger partial charge in [0.05, 0.1) is 67.4 Å². The van der Waals surface area contributed by atoms with Crippen LogP contribution in [0.25, 0.3) is 50.9 Å². The fourth-order valence-electron chi connectivity index (χ4n) is 13.3. The Kier molecular flexibility index (Phi) is 29.8. The number of amides is 2. The average Bonchev–Trinajstić information content (AvgIpc) is 0.858. The zero-order valence-corrected chi connectivity index (χ0v) is 68.7. The van der Waals surface area contributed by atoms with Crippen LogP contribution in [0.2, 0.25) is 0 Å². The first-order valence-corrected chi connectivity index (χ1v) is 41.6. The van der Waals surface area contributed by atoms with E-state index in [1.165, 1.54) is 13.2 Å². The van der Waals surface area contributed by atoms with Crippen molar-refractivity contribution in [1.29, 1.82) is 0 Å². The fraction of sp³-hybridized carbons (Fsp3) is 0.301. The van der Waals surface area contributed by atoms with Gasteiger partial charge in [0, 0.05) is 69.6 Å². The molecule has 120 heavy (non-hydrogen) atoms. The lowest BCUT2D eigenvalue weighted by atomic mass is 10.1. The van der Waals surface area contributed by atoms with Gasteiger partial charge in [0.2, 0.25) is 0 Å². The van der Waals surface area contributed by atoms with E-state index in [4.69, 9.17) is 57.3 Å². The van der Waals surface area contributed by atoms with Gasteiger partial charge in [0.15, 0.2) is 69.2 Å². The molecule has 11 aromatic rings. The number of methoxy groups -OCH3 is 3. The standard InChI is InChI=1S/C32H29FN2O5.C24H23FN2O3.C20H16FNO3.C13H17NO5S.CH3I.3CH4/c1-20-14-22-8-9-27(30(33)23(22)15-20)40-26-10-13-34-25-17-29(28(37-2)16-24(25)26)39-19-32(11-12-32)35-31(36)38-18-21-6-4-3-5-7-21;1-14-9-15-3-4-20(23(25)16(15)10-14)30-19-5-8-27-18-12-22(21(28-2)11-17(18)19)29-13-24(26)6-7-24;1-11-7-12-3-4-18(20(21)13(12)8-11)25-17-5-6-22-15-10-16(23)19(24-2)9-14(15)17;1-20(16,17)19-10-13(7-8-13)14-12(15)18-9-11-5-3-2-4-6-11;1-2;;;/h3-10,13,15-17H,11-12,14,18-19H2,1-2H3,(H,35,36);3-5,8,10-12H,6-7,9,13,26H2,1-2H3;3-6,8-10,23H,7H2,1-2H3;2-6H,7-10H2,1H3,(H,14,15);1H3;3*1H4. The number of nitrogens with one attached hydrogen (secondary N) is 2. The van der Waals surface area contributed by atoms with Crippen LogP contribution in [-0.2, 0) is 56.3 Å². The number of carbonyl (C=O) groups is 2. The molecule has 0 spiro atoms. The van der Waals surface area contributed by atoms with Crippen molar-refractivity contribution in [3.63, 3.8) is 0 Å². The number of phenols is 1. The maximum absolute atomic E-state index is 15.2. The monoisotopic (exact) mass is 1770 g/mol. The molecule has 17 rings (SSSR count). The molecule has 0 saturated heterocycles. The molecule has 0 aliphatic heterocycles. The maximum Gasteiger partial charge on any atom is 0.408 e. The number of carbonyl (C=O) groups excluding carboxylic acids is 2. The SMILES string of the molecule is C.C.C.CI.COc1cc2c(Oc3ccc4c(c3F)C=C(C)C4)ccnc2cc1O.COc1cc2c(Oc3ccc4c(c3F)C=C(C)C4)ccnc2cc1OCC1(N)CC1.COc1cc2c(Oc3ccc4c(c3F)C=C(C)C4)ccnc2cc1OCC1(NC(=O)OCc2ccccc2)CC1.CS(=O)(=O)OCC1(NC(=O)OCc2ccccc2)CC1. The lowest BCUT2D eigenvalue weighted by Gasteiger charge is -2.20. The maximum atomic E-state index is 15.2. The molecule has 2 amide bonds. The van der Waals surface area contributed by atoms with Crippen LogP contribution < -0.4 is 54.3 Å². The molecule has 3 aromatic heterocycles. The number of nitrogens with zero attached hydrogens (tertiary/aromatic N) is 3. The van der Waals surface area contributed by atoms with Gasteiger partial charge in [0.25, 0.3) is 10.1 Å². The Labute approximate surface area is 711 Å². The Hall–Kier alpha value is -11.7. The van der Waals surface area contributed by atoms with Crippen LogP contribution in [0.15, 0.2) is 187 Å². The molecule has 5 N–H and O–H groups in total. The number of hydrogen-bond donors (Lipinski definition) is 4. The summed E-state index contributed by atoms with van der Waals surface area (Å²) in [7, 11) is 1.09. The Balaban J connectivity index is 0.000000170. The zero-order valence-electron chi connectivity index (χ0n) is 65.7. The second-order valence-corrected chi connectivity index (χ2v) is 31.2. The molecule has 3 fully saturated rings. The van der Waals surface area contributed by atoms with Crippen LogP contribution in [0.1, 0.15) is 126 Å². The van der Waals surface area contributed by atoms with E-state index in [0.717, 1.165) is 95.7 Å². The number of halogens is 4. The summed E-state index contributed by atoms with van der Waals surface area (Å²) in [6.45, 7) is 6.97. The van der Waals surface area contributed by atoms with Crippen molar-refractivity contribution >= 4 is 95.8 Å². The quantitative estimate of drug-likeness (QED) is 0.0248. The Morgan fingerprint density at radius 3 is 1.16 bits per heavy atom. The summed E-state index contributed by atoms with van der Waals surface area (Å²) in [5, 5.41) is 17.5. The molecule has 27 heteroatoms. The molecular formula is C93H100F3IN6O16S. The molecule has 3 saturated carbocycles. The first-order valence-electron chi connectivity index (χ1n) is 37.7. The number of ether oxygens (including phenoxy) is 10. The summed E-state index contributed by atoms with van der Waals surface area (Å²) in [4.78, 5) is 39.1. The molecule has 3 heterocycles. The number of pyridine rings is 3. The predicted octanol–water partition coefficient (Wildman–Crippen LogP) is 21.2. The van der Waals surface area contributed by atoms with Gasteiger partial charge in [-0.15, -0.1) is 0 Å². The van der Waals surface area contributed by atoms with Crippen molar-refractivity contribution in [2.24, 2.45) is 5.73 Å². The Morgan fingerprint density at radius 2 is 0.808 bits per heavy atom. The van der Waals surface area contributed by atoms with Crippen molar-refractivity contribution in [2.45, 2.75) is 131 Å². The smallest absolute Gasteiger partial charge is 0.408 e. The normalized spacial score (nSPS) is 14.4. The van der Waals surface area contributed by atoms with E-state index in [9.17, 15) is 27.5 Å². The van der Waals surface area contributed by atoms with E-state index >= 15 is 8.78 Å². The second kappa shape index (κ2) is 39.5. The highest BCUT2D eigenvalue weighted by molar-refractivity contribution is 14.1. The summed E-state index contributed by atoms with van der Waals surface area (Å²) in [6, 6.07) is 44.8. The van der Waals surface area contributed by atoms with E-state index in [1.807, 2.05) is 123 Å². The number of benzene rings is 8. The van der Waals surface area contributed by atoms with E-state index < -0.39 is 33.4 Å². The van der Waals surface area contributed by atoms with E-state index in [2.05, 4.69) is 48.2 Å². The van der Waals surface area contributed by atoms with Crippen molar-refractivity contribution < 1.29 is 87.8 Å². The van der Waals surface area contributed by atoms with Crippen LogP contribution in [0.4, 0.5) is 22.8 Å². The van der Waals surface area contributed by atoms with Gasteiger partial charge in [-0.25, -0.2) is 22.8 Å². The van der Waals surface area contributed by atoms with Gasteiger partial charge in [-0.3, -0.25) is 19.1 Å². The highest BCUT2D eigenvalue weighted by atomic mass is 127. The Bertz CT molecular complexity index is 5770. The summed E-state index contributed by atoms with van der Waals surface area (Å²) >= 11 is 2.15. The number of fused-ring (bicyclic) bond motifs is 6. The number of rotatable bonds is 24. The third-order valence-corrected chi connectivity index (χ3v) is 20.8. The minimum atomic E-state index is -3.50. The van der Waals surface area contributed by atoms with Crippen molar-refractivity contribution in [3.8, 4) is 69.0 Å². The van der Waals surface area contributed by atoms with E-state index in [0.29, 0.717) is 115 Å². The van der Waals surface area contributed by atoms with Crippen LogP contribution in [-0.4, -0.2) is 110 Å². The number of aromatic nitrogens is 3. The van der Waals surface area contributed by atoms with Crippen LogP contribution in [0, 0.1) is 17.5 Å². The highest BCUT2D eigenvalue weighted by Gasteiger charge is 2.47. The first kappa shape index (κ1) is 90.7. The van der Waals surface area contributed by atoms with Crippen molar-refractivity contribution in [1.82, 2.24) is 25.6 Å². The first-order chi connectivity index (χ1) is 56.3. The topological polar surface area (TPSA) is 279 Å². The average molecular weight is 1770 g/mol. The number of phenolic OH excluding ortho intramolecular Hbond substituents is 1. The lowest BCUT2D eigenvalue weighted by Crippen LogP contribution is -2.41. The molecule has 6 aliphatic carbocycles. The third kappa shape index (κ3) is 22.4. The summed E-state index contributed by atoms with van der Waals surface area (Å²) < 4.78 is 128. The van der Waals surface area contributed by atoms with Crippen LogP contribution in [0.5, 0.6) is 69.0 Å². The van der Waals surface area contributed by atoms with Gasteiger partial charge < -0.3 is 68.8 Å². The van der Waals surface area contributed by atoms with Crippen LogP contribution >= 0.6 is 22.6 Å². The molecule has 0 atom stereocenters. The second-order valence-electron chi connectivity index (χ2n) is 29.5. The number of alkyl carbamates (subject to hydrolysis) is 2. The van der Waals surface area contributed by atoms with Gasteiger partial charge in [-0.05, 0) is 166 Å². The molecule has 8 aromatic carbocycles. The number of nitrogens with two attached hydrogens (primary N) is 1. The molecule has 22 nitrogen and oxygen atoms in total. The van der Waals surface area contributed by atoms with E-state index in [-0.39, 0.29) is 94.7 Å².